The summed E-state index contributed by atoms with van der Waals surface area (Å²) in [5.41, 5.74) is 1.59. The summed E-state index contributed by atoms with van der Waals surface area (Å²) in [6.45, 7) is 10.7. The van der Waals surface area contributed by atoms with E-state index < -0.39 is 6.03 Å². The molecular weight excluding hydrogens is 336 g/mol. The van der Waals surface area contributed by atoms with E-state index in [1.54, 1.807) is 0 Å². The van der Waals surface area contributed by atoms with Crippen LogP contribution in [0.4, 0.5) is 4.79 Å². The third kappa shape index (κ3) is 5.77. The van der Waals surface area contributed by atoms with Gasteiger partial charge in [0.15, 0.2) is 5.16 Å². The van der Waals surface area contributed by atoms with Crippen LogP contribution >= 0.6 is 11.8 Å². The lowest BCUT2D eigenvalue weighted by atomic mass is 10.1. The number of urea groups is 1. The molecule has 0 aliphatic carbocycles. The van der Waals surface area contributed by atoms with E-state index >= 15 is 0 Å². The van der Waals surface area contributed by atoms with E-state index in [2.05, 4.69) is 34.0 Å². The topological polar surface area (TPSA) is 76.0 Å². The number of nitrogens with zero attached hydrogens (tertiary/aromatic N) is 2. The quantitative estimate of drug-likeness (QED) is 0.799. The van der Waals surface area contributed by atoms with Crippen molar-refractivity contribution in [3.8, 4) is 0 Å². The highest BCUT2D eigenvalue weighted by atomic mass is 32.2. The fraction of sp³-hybridized carbons (Fsp3) is 0.500. The van der Waals surface area contributed by atoms with Gasteiger partial charge >= 0.3 is 6.03 Å². The molecule has 25 heavy (non-hydrogen) atoms. The maximum atomic E-state index is 12.0. The van der Waals surface area contributed by atoms with Crippen molar-refractivity contribution in [1.82, 2.24) is 20.2 Å². The summed E-state index contributed by atoms with van der Waals surface area (Å²) < 4.78 is 2.13. The van der Waals surface area contributed by atoms with Crippen LogP contribution < -0.4 is 10.6 Å². The number of thioether (sulfide) groups is 1. The number of imidazole rings is 1. The number of fused-ring (bicyclic) bond motifs is 1. The SMILES string of the molecule is CC(C)Cn1c(SCC(=O)NC(=O)NC(C)(C)C)nc2ccccc21. The molecule has 0 aliphatic heterocycles. The molecule has 0 aliphatic rings. The number of rotatable bonds is 5. The largest absolute Gasteiger partial charge is 0.333 e. The Labute approximate surface area is 152 Å². The van der Waals surface area contributed by atoms with Gasteiger partial charge in [-0.2, -0.15) is 0 Å². The molecule has 1 aromatic heterocycles. The molecule has 2 N–H and O–H groups in total. The van der Waals surface area contributed by atoms with Crippen LogP contribution in [0, 0.1) is 5.92 Å². The Bertz CT molecular complexity index is 762. The van der Waals surface area contributed by atoms with E-state index in [4.69, 9.17) is 0 Å². The van der Waals surface area contributed by atoms with Crippen LogP contribution in [-0.2, 0) is 11.3 Å². The number of nitrogens with one attached hydrogen (secondary N) is 2. The maximum Gasteiger partial charge on any atom is 0.321 e. The number of para-hydroxylation sites is 2. The lowest BCUT2D eigenvalue weighted by Crippen LogP contribution is -2.48. The van der Waals surface area contributed by atoms with Gasteiger partial charge in [0.25, 0.3) is 0 Å². The zero-order valence-corrected chi connectivity index (χ0v) is 16.2. The van der Waals surface area contributed by atoms with Gasteiger partial charge in [0, 0.05) is 12.1 Å². The molecule has 0 radical (unpaired) electrons. The third-order valence-electron chi connectivity index (χ3n) is 3.24. The van der Waals surface area contributed by atoms with Gasteiger partial charge < -0.3 is 9.88 Å². The second-order valence-corrected chi connectivity index (χ2v) is 8.37. The van der Waals surface area contributed by atoms with Gasteiger partial charge in [0.05, 0.1) is 16.8 Å². The van der Waals surface area contributed by atoms with E-state index in [0.29, 0.717) is 5.92 Å². The first-order valence-electron chi connectivity index (χ1n) is 8.36. The second kappa shape index (κ2) is 7.91. The predicted molar refractivity (Wildman–Crippen MR) is 102 cm³/mol. The van der Waals surface area contributed by atoms with Gasteiger partial charge in [-0.15, -0.1) is 0 Å². The molecule has 6 nitrogen and oxygen atoms in total. The number of aromatic nitrogens is 2. The zero-order chi connectivity index (χ0) is 18.6. The molecule has 0 atom stereocenters. The van der Waals surface area contributed by atoms with Crippen molar-refractivity contribution in [2.24, 2.45) is 5.92 Å². The third-order valence-corrected chi connectivity index (χ3v) is 4.22. The second-order valence-electron chi connectivity index (χ2n) is 7.43. The van der Waals surface area contributed by atoms with Crippen LogP contribution in [-0.4, -0.2) is 32.8 Å². The summed E-state index contributed by atoms with van der Waals surface area (Å²) in [7, 11) is 0. The van der Waals surface area contributed by atoms with Crippen LogP contribution in [0.2, 0.25) is 0 Å². The lowest BCUT2D eigenvalue weighted by molar-refractivity contribution is -0.117. The summed E-state index contributed by atoms with van der Waals surface area (Å²) >= 11 is 1.34. The summed E-state index contributed by atoms with van der Waals surface area (Å²) in [4.78, 5) is 28.4. The molecule has 0 saturated heterocycles. The van der Waals surface area contributed by atoms with Gasteiger partial charge in [-0.1, -0.05) is 37.7 Å². The number of hydrogen-bond donors (Lipinski definition) is 2. The molecule has 0 saturated carbocycles. The molecule has 0 bridgehead atoms. The van der Waals surface area contributed by atoms with Gasteiger partial charge in [-0.25, -0.2) is 9.78 Å². The number of benzene rings is 1. The minimum Gasteiger partial charge on any atom is -0.333 e. The van der Waals surface area contributed by atoms with Crippen LogP contribution in [0.1, 0.15) is 34.6 Å². The molecule has 1 heterocycles. The maximum absolute atomic E-state index is 12.0. The van der Waals surface area contributed by atoms with Crippen molar-refractivity contribution in [3.63, 3.8) is 0 Å². The molecule has 7 heteroatoms. The van der Waals surface area contributed by atoms with Crippen molar-refractivity contribution in [1.29, 1.82) is 0 Å². The zero-order valence-electron chi connectivity index (χ0n) is 15.4. The highest BCUT2D eigenvalue weighted by molar-refractivity contribution is 7.99. The average molecular weight is 362 g/mol. The first-order chi connectivity index (χ1) is 11.7. The number of hydrogen-bond acceptors (Lipinski definition) is 4. The fourth-order valence-corrected chi connectivity index (χ4v) is 3.19. The fourth-order valence-electron chi connectivity index (χ4n) is 2.37. The molecule has 1 aromatic carbocycles. The normalized spacial score (nSPS) is 11.8. The minimum absolute atomic E-state index is 0.138. The monoisotopic (exact) mass is 362 g/mol. The number of carbonyl (C=O) groups excluding carboxylic acids is 2. The van der Waals surface area contributed by atoms with Gasteiger partial charge in [-0.3, -0.25) is 10.1 Å². The van der Waals surface area contributed by atoms with Crippen LogP contribution in [0.5, 0.6) is 0 Å². The van der Waals surface area contributed by atoms with E-state index in [1.807, 2.05) is 45.0 Å². The smallest absolute Gasteiger partial charge is 0.321 e. The van der Waals surface area contributed by atoms with E-state index in [-0.39, 0.29) is 17.2 Å². The number of carbonyl (C=O) groups is 2. The van der Waals surface area contributed by atoms with E-state index in [0.717, 1.165) is 22.7 Å². The molecular formula is C18H26N4O2S. The van der Waals surface area contributed by atoms with E-state index in [1.165, 1.54) is 11.8 Å². The molecule has 2 aromatic rings. The Morgan fingerprint density at radius 3 is 2.56 bits per heavy atom. The van der Waals surface area contributed by atoms with Gasteiger partial charge in [-0.05, 0) is 38.8 Å². The van der Waals surface area contributed by atoms with E-state index in [9.17, 15) is 9.59 Å². The Morgan fingerprint density at radius 1 is 1.24 bits per heavy atom. The first-order valence-corrected chi connectivity index (χ1v) is 9.34. The first kappa shape index (κ1) is 19.3. The molecule has 0 unspecified atom stereocenters. The summed E-state index contributed by atoms with van der Waals surface area (Å²) in [5, 5.41) is 5.85. The Balaban J connectivity index is 2.05. The predicted octanol–water partition coefficient (Wildman–Crippen LogP) is 3.41. The summed E-state index contributed by atoms with van der Waals surface area (Å²) in [6, 6.07) is 7.46. The highest BCUT2D eigenvalue weighted by Crippen LogP contribution is 2.25. The molecule has 2 rings (SSSR count). The van der Waals surface area contributed by atoms with Crippen molar-refractivity contribution >= 4 is 34.7 Å². The van der Waals surface area contributed by atoms with Gasteiger partial charge in [0.2, 0.25) is 5.91 Å². The van der Waals surface area contributed by atoms with Crippen molar-refractivity contribution in [2.75, 3.05) is 5.75 Å². The van der Waals surface area contributed by atoms with Crippen molar-refractivity contribution < 1.29 is 9.59 Å². The molecule has 0 spiro atoms. The minimum atomic E-state index is -0.478. The number of imide groups is 1. The Hall–Kier alpha value is -2.02. The lowest BCUT2D eigenvalue weighted by Gasteiger charge is -2.20. The molecule has 3 amide bonds. The van der Waals surface area contributed by atoms with Crippen molar-refractivity contribution in [2.45, 2.75) is 51.9 Å². The summed E-state index contributed by atoms with van der Waals surface area (Å²) in [5.74, 6) is 0.261. The summed E-state index contributed by atoms with van der Waals surface area (Å²) in [6.07, 6.45) is 0. The highest BCUT2D eigenvalue weighted by Gasteiger charge is 2.17. The van der Waals surface area contributed by atoms with Crippen LogP contribution in [0.15, 0.2) is 29.4 Å². The van der Waals surface area contributed by atoms with Crippen LogP contribution in [0.3, 0.4) is 0 Å². The van der Waals surface area contributed by atoms with Crippen molar-refractivity contribution in [3.05, 3.63) is 24.3 Å². The molecule has 136 valence electrons. The van der Waals surface area contributed by atoms with Crippen LogP contribution in [0.25, 0.3) is 11.0 Å². The standard InChI is InChI=1S/C18H26N4O2S/c1-12(2)10-22-14-9-7-6-8-13(14)19-17(22)25-11-15(23)20-16(24)21-18(3,4)5/h6-9,12H,10-11H2,1-5H3,(H2,20,21,23,24). The Kier molecular flexibility index (Phi) is 6.11. The molecule has 0 fully saturated rings. The number of amides is 3. The van der Waals surface area contributed by atoms with Gasteiger partial charge in [0.1, 0.15) is 0 Å². The Morgan fingerprint density at radius 2 is 1.92 bits per heavy atom. The average Bonchev–Trinajstić information content (AvgIpc) is 2.80.